The maximum absolute atomic E-state index is 14.5. The lowest BCUT2D eigenvalue weighted by Gasteiger charge is -2.31. The van der Waals surface area contributed by atoms with Crippen molar-refractivity contribution < 1.29 is 71.9 Å². The van der Waals surface area contributed by atoms with Gasteiger partial charge in [-0.3, -0.25) is 43.3 Å². The molecule has 0 bridgehead atoms. The molecule has 97 heavy (non-hydrogen) atoms. The lowest BCUT2D eigenvalue weighted by atomic mass is 10.0. The predicted molar refractivity (Wildman–Crippen MR) is 358 cm³/mol. The molecule has 2 spiro atoms. The van der Waals surface area contributed by atoms with Crippen LogP contribution in [0.1, 0.15) is 122 Å². The van der Waals surface area contributed by atoms with Crippen molar-refractivity contribution in [1.82, 2.24) is 31.1 Å². The Hall–Kier alpha value is -10.3. The zero-order chi connectivity index (χ0) is 68.3. The van der Waals surface area contributed by atoms with Crippen molar-refractivity contribution in [1.29, 1.82) is 0 Å². The zero-order valence-corrected chi connectivity index (χ0v) is 54.9. The smallest absolute Gasteiger partial charge is 0.416 e. The van der Waals surface area contributed by atoms with E-state index in [-0.39, 0.29) is 90.0 Å². The minimum Gasteiger partial charge on any atom is -0.493 e. The molecule has 6 N–H and O–H groups in total. The predicted octanol–water partition coefficient (Wildman–Crippen LogP) is 7.05. The number of nitrogens with one attached hydrogen (secondary N) is 5. The van der Waals surface area contributed by atoms with Crippen LogP contribution in [0.5, 0.6) is 23.0 Å². The molecule has 0 radical (unpaired) electrons. The molecule has 0 aromatic heterocycles. The molecule has 1 unspecified atom stereocenters. The average molecular weight is 1330 g/mol. The van der Waals surface area contributed by atoms with Crippen LogP contribution in [0.3, 0.4) is 0 Å². The molecule has 9 amide bonds. The first kappa shape index (κ1) is 66.7. The van der Waals surface area contributed by atoms with Gasteiger partial charge in [0.1, 0.15) is 18.7 Å². The summed E-state index contributed by atoms with van der Waals surface area (Å²) in [6.45, 7) is 5.37. The van der Waals surface area contributed by atoms with Crippen molar-refractivity contribution in [2.24, 2.45) is 21.7 Å². The molecule has 5 aromatic rings. The fraction of sp³-hybridized carbons (Fsp3) is 0.417. The molecule has 2 aliphatic carbocycles. The van der Waals surface area contributed by atoms with Gasteiger partial charge in [0, 0.05) is 56.4 Å². The maximum atomic E-state index is 14.5. The fourth-order valence-corrected chi connectivity index (χ4v) is 13.3. The van der Waals surface area contributed by atoms with Crippen molar-refractivity contribution in [3.8, 4) is 23.0 Å². The fourth-order valence-electron chi connectivity index (χ4n) is 13.3. The minimum absolute atomic E-state index is 0.0466. The van der Waals surface area contributed by atoms with Gasteiger partial charge >= 0.3 is 6.09 Å². The first-order chi connectivity index (χ1) is 46.7. The van der Waals surface area contributed by atoms with E-state index in [4.69, 9.17) is 28.7 Å². The van der Waals surface area contributed by atoms with E-state index in [9.17, 15) is 48.3 Å². The second-order valence-corrected chi connectivity index (χ2v) is 26.4. The van der Waals surface area contributed by atoms with E-state index in [1.165, 1.54) is 33.3 Å². The Bertz CT molecular complexity index is 3990. The first-order valence-corrected chi connectivity index (χ1v) is 32.9. The maximum Gasteiger partial charge on any atom is 0.416 e. The molecule has 5 heterocycles. The zero-order valence-electron chi connectivity index (χ0n) is 54.9. The van der Waals surface area contributed by atoms with Gasteiger partial charge in [0.05, 0.1) is 87.3 Å². The quantitative estimate of drug-likeness (QED) is 0.0357. The summed E-state index contributed by atoms with van der Waals surface area (Å²) in [4.78, 5) is 133. The van der Waals surface area contributed by atoms with Crippen molar-refractivity contribution >= 4 is 94.5 Å². The third kappa shape index (κ3) is 14.8. The number of methoxy groups -OCH3 is 2. The summed E-state index contributed by atoms with van der Waals surface area (Å²) in [5, 5.41) is 25.1. The average Bonchev–Trinajstić information content (AvgIpc) is 1.58. The van der Waals surface area contributed by atoms with E-state index in [1.54, 1.807) is 60.0 Å². The molecule has 4 fully saturated rings. The molecule has 5 atom stereocenters. The monoisotopic (exact) mass is 1320 g/mol. The Kier molecular flexibility index (Phi) is 19.4. The number of benzene rings is 5. The summed E-state index contributed by atoms with van der Waals surface area (Å²) in [6.07, 6.45) is 8.91. The largest absolute Gasteiger partial charge is 0.493 e. The van der Waals surface area contributed by atoms with Crippen LogP contribution in [0.25, 0.3) is 12.2 Å². The summed E-state index contributed by atoms with van der Waals surface area (Å²) in [6, 6.07) is 25.1. The van der Waals surface area contributed by atoms with Crippen LogP contribution in [0.15, 0.2) is 102 Å². The lowest BCUT2D eigenvalue weighted by molar-refractivity contribution is -0.132. The van der Waals surface area contributed by atoms with Crippen LogP contribution in [-0.2, 0) is 46.7 Å². The number of para-hydroxylation sites is 1. The van der Waals surface area contributed by atoms with Crippen LogP contribution in [0, 0.1) is 16.7 Å². The normalized spacial score (nSPS) is 19.6. The number of ether oxygens (including phenoxy) is 5. The van der Waals surface area contributed by atoms with Crippen molar-refractivity contribution in [3.05, 3.63) is 130 Å². The molecule has 25 heteroatoms. The second kappa shape index (κ2) is 28.2. The number of amides is 9. The van der Waals surface area contributed by atoms with E-state index in [2.05, 4.69) is 26.6 Å². The Morgan fingerprint density at radius 2 is 1.29 bits per heavy atom. The number of nitrogens with zero attached hydrogens (tertiary/aromatic N) is 5. The molecular weight excluding hydrogens is 1240 g/mol. The van der Waals surface area contributed by atoms with E-state index >= 15 is 0 Å². The van der Waals surface area contributed by atoms with Crippen molar-refractivity contribution in [3.63, 3.8) is 0 Å². The van der Waals surface area contributed by atoms with Gasteiger partial charge in [-0.25, -0.2) is 9.69 Å². The van der Waals surface area contributed by atoms with Gasteiger partial charge in [-0.2, -0.15) is 0 Å². The third-order valence-corrected chi connectivity index (χ3v) is 19.2. The van der Waals surface area contributed by atoms with Crippen LogP contribution in [0.4, 0.5) is 27.5 Å². The summed E-state index contributed by atoms with van der Waals surface area (Å²) in [5.41, 5.74) is 5.59. The van der Waals surface area contributed by atoms with Gasteiger partial charge in [-0.05, 0) is 115 Å². The van der Waals surface area contributed by atoms with Crippen LogP contribution >= 0.6 is 0 Å². The van der Waals surface area contributed by atoms with E-state index in [0.29, 0.717) is 65.6 Å². The highest BCUT2D eigenvalue weighted by atomic mass is 16.6. The van der Waals surface area contributed by atoms with E-state index in [0.717, 1.165) is 60.2 Å². The number of rotatable bonds is 23. The highest BCUT2D eigenvalue weighted by Gasteiger charge is 2.58. The number of hydrogen-bond acceptors (Lipinski definition) is 16. The SMILES string of the molecule is COc1cc2c(cc1OCCCOc1cc3c(cc1OC)C(=O)N1CC4(CC4)C[C@H]1C(O)N3C(=O)OCc1ccc(NC(=O)[C@H](C)NC(=O)[C@@H](NC(=O)CNC(=O)CNC(=O)CCC(=O)N3Cc4ccccc4/C=C\c4ccccc43)C(C)C)cc1)N=C[C@@H]1CC3(CC3)CN1C2=O. The molecule has 508 valence electrons. The van der Waals surface area contributed by atoms with Crippen LogP contribution < -0.4 is 55.3 Å². The number of aliphatic hydroxyl groups is 1. The van der Waals surface area contributed by atoms with Crippen molar-refractivity contribution in [2.75, 3.05) is 68.7 Å². The molecule has 5 aromatic carbocycles. The number of anilines is 3. The van der Waals surface area contributed by atoms with Crippen molar-refractivity contribution in [2.45, 2.75) is 122 Å². The Balaban J connectivity index is 0.602. The Labute approximate surface area is 561 Å². The van der Waals surface area contributed by atoms with Gasteiger partial charge < -0.3 is 70.1 Å². The van der Waals surface area contributed by atoms with Gasteiger partial charge in [0.15, 0.2) is 29.2 Å². The third-order valence-electron chi connectivity index (χ3n) is 19.2. The molecular formula is C72H80N10O15. The Morgan fingerprint density at radius 1 is 0.660 bits per heavy atom. The number of aliphatic imine (C=N–C) groups is 1. The summed E-state index contributed by atoms with van der Waals surface area (Å²) < 4.78 is 29.7. The number of carbonyl (C=O) groups is 9. The highest BCUT2D eigenvalue weighted by molar-refractivity contribution is 6.07. The summed E-state index contributed by atoms with van der Waals surface area (Å²) in [5.74, 6) is -3.07. The van der Waals surface area contributed by atoms with Gasteiger partial charge in [0.25, 0.3) is 11.8 Å². The molecule has 7 aliphatic rings. The standard InChI is InChI=1S/C72H80N10O15/c1-42(2)64(78-62(85)37-75-61(84)36-74-60(83)21-22-63(86)79-38-47-13-7-6-11-45(47)17-18-46-12-8-9-14-53(46)79)66(88)76-43(3)65(87)77-48-19-15-44(16-20-48)39-97-70(92)82-54-32-59(57(94-5)30-51(54)68(90)81-41-72(25-26-72)34-55(81)69(82)91)96-28-10-27-95-58-31-52-50(29-56(58)93-4)67(89)80-40-71(23-24-71)33-49(80)35-73-52/h6-9,11-20,29-32,35,42-43,49,55,64,69,91H,10,21-28,33-34,36-41H2,1-5H3,(H,74,83)(H,75,84)(H,76,88)(H,77,87)(H,78,85)/b18-17-/t43-,49-,55-,64-,69?/m0/s1. The summed E-state index contributed by atoms with van der Waals surface area (Å²) >= 11 is 0. The first-order valence-electron chi connectivity index (χ1n) is 32.9. The lowest BCUT2D eigenvalue weighted by Crippen LogP contribution is -2.55. The molecule has 25 nitrogen and oxygen atoms in total. The van der Waals surface area contributed by atoms with Gasteiger partial charge in [-0.15, -0.1) is 0 Å². The molecule has 2 saturated carbocycles. The highest BCUT2D eigenvalue weighted by Crippen LogP contribution is 2.58. The number of carbonyl (C=O) groups excluding carboxylic acids is 9. The molecule has 2 saturated heterocycles. The minimum atomic E-state index is -1.49. The Morgan fingerprint density at radius 3 is 2.00 bits per heavy atom. The van der Waals surface area contributed by atoms with Crippen LogP contribution in [0.2, 0.25) is 0 Å². The number of fused-ring (bicyclic) bond motifs is 6. The second-order valence-electron chi connectivity index (χ2n) is 26.4. The molecule has 5 aliphatic heterocycles. The number of hydrogen-bond donors (Lipinski definition) is 6. The van der Waals surface area contributed by atoms with E-state index in [1.807, 2.05) is 71.8 Å². The molecule has 12 rings (SSSR count). The van der Waals surface area contributed by atoms with Gasteiger partial charge in [-0.1, -0.05) is 80.6 Å². The number of aliphatic hydroxyl groups excluding tert-OH is 1. The van der Waals surface area contributed by atoms with E-state index < -0.39 is 79.0 Å². The van der Waals surface area contributed by atoms with Gasteiger partial charge in [0.2, 0.25) is 35.4 Å². The van der Waals surface area contributed by atoms with Crippen LogP contribution in [-0.4, -0.2) is 158 Å². The topological polar surface area (TPSA) is 305 Å². The summed E-state index contributed by atoms with van der Waals surface area (Å²) in [7, 11) is 2.95.